The lowest BCUT2D eigenvalue weighted by Crippen LogP contribution is -2.27. The normalized spacial score (nSPS) is 11.5. The molecule has 2 rings (SSSR count). The largest absolute Gasteiger partial charge is 0.215 e. The van der Waals surface area contributed by atoms with Crippen LogP contribution in [0.25, 0.3) is 0 Å². The molecule has 112 valence electrons. The van der Waals surface area contributed by atoms with Gasteiger partial charge in [0.25, 0.3) is 0 Å². The van der Waals surface area contributed by atoms with Gasteiger partial charge in [-0.1, -0.05) is 41.9 Å². The molecule has 0 aromatic heterocycles. The van der Waals surface area contributed by atoms with Crippen molar-refractivity contribution in [2.24, 2.45) is 0 Å². The summed E-state index contributed by atoms with van der Waals surface area (Å²) in [5.74, 6) is -0.874. The van der Waals surface area contributed by atoms with E-state index in [4.69, 9.17) is 11.6 Å². The van der Waals surface area contributed by atoms with E-state index in [9.17, 15) is 12.8 Å². The van der Waals surface area contributed by atoms with Crippen molar-refractivity contribution in [1.29, 1.82) is 0 Å². The van der Waals surface area contributed by atoms with Gasteiger partial charge in [0.15, 0.2) is 0 Å². The van der Waals surface area contributed by atoms with Gasteiger partial charge >= 0.3 is 0 Å². The van der Waals surface area contributed by atoms with Crippen molar-refractivity contribution in [3.8, 4) is 0 Å². The van der Waals surface area contributed by atoms with Gasteiger partial charge in [-0.05, 0) is 30.2 Å². The Morgan fingerprint density at radius 2 is 1.71 bits per heavy atom. The van der Waals surface area contributed by atoms with Crippen LogP contribution in [0, 0.1) is 5.82 Å². The molecular formula is C15H15ClFNO2S. The van der Waals surface area contributed by atoms with Crippen LogP contribution in [-0.2, 0) is 22.2 Å². The van der Waals surface area contributed by atoms with E-state index in [-0.39, 0.29) is 17.9 Å². The second kappa shape index (κ2) is 7.02. The first-order chi connectivity index (χ1) is 9.96. The van der Waals surface area contributed by atoms with Crippen molar-refractivity contribution in [3.63, 3.8) is 0 Å². The zero-order valence-corrected chi connectivity index (χ0v) is 12.8. The first-order valence-electron chi connectivity index (χ1n) is 6.41. The molecule has 0 spiro atoms. The third-order valence-electron chi connectivity index (χ3n) is 2.95. The predicted molar refractivity (Wildman–Crippen MR) is 82.2 cm³/mol. The maximum absolute atomic E-state index is 13.4. The van der Waals surface area contributed by atoms with Crippen molar-refractivity contribution < 1.29 is 12.8 Å². The number of benzene rings is 2. The van der Waals surface area contributed by atoms with Gasteiger partial charge in [-0.2, -0.15) is 0 Å². The molecular weight excluding hydrogens is 313 g/mol. The fourth-order valence-corrected chi connectivity index (χ4v) is 3.16. The minimum absolute atomic E-state index is 0.163. The maximum atomic E-state index is 13.4. The summed E-state index contributed by atoms with van der Waals surface area (Å²) in [5.41, 5.74) is 1.14. The molecule has 0 amide bonds. The Hall–Kier alpha value is -1.43. The Bertz CT molecular complexity index is 702. The molecule has 0 fully saturated rings. The number of rotatable bonds is 6. The van der Waals surface area contributed by atoms with Crippen LogP contribution in [0.2, 0.25) is 5.02 Å². The molecule has 0 unspecified atom stereocenters. The highest BCUT2D eigenvalue weighted by molar-refractivity contribution is 7.88. The SMILES string of the molecule is O=S(=O)(Cc1ccccc1F)NCCc1ccc(Cl)cc1. The highest BCUT2D eigenvalue weighted by Gasteiger charge is 2.13. The molecule has 0 aliphatic carbocycles. The van der Waals surface area contributed by atoms with Gasteiger partial charge in [0.1, 0.15) is 5.82 Å². The molecule has 1 N–H and O–H groups in total. The van der Waals surface area contributed by atoms with Gasteiger partial charge in [0.2, 0.25) is 10.0 Å². The molecule has 0 heterocycles. The lowest BCUT2D eigenvalue weighted by Gasteiger charge is -2.07. The number of sulfonamides is 1. The van der Waals surface area contributed by atoms with Crippen molar-refractivity contribution in [2.45, 2.75) is 12.2 Å². The van der Waals surface area contributed by atoms with Gasteiger partial charge < -0.3 is 0 Å². The average molecular weight is 328 g/mol. The van der Waals surface area contributed by atoms with Crippen LogP contribution in [0.4, 0.5) is 4.39 Å². The molecule has 0 aliphatic rings. The van der Waals surface area contributed by atoms with Crippen LogP contribution in [0.1, 0.15) is 11.1 Å². The Kier molecular flexibility index (Phi) is 5.33. The van der Waals surface area contributed by atoms with Crippen molar-refractivity contribution in [2.75, 3.05) is 6.54 Å². The summed E-state index contributed by atoms with van der Waals surface area (Å²) in [6.45, 7) is 0.262. The van der Waals surface area contributed by atoms with E-state index in [2.05, 4.69) is 4.72 Å². The monoisotopic (exact) mass is 327 g/mol. The fraction of sp³-hybridized carbons (Fsp3) is 0.200. The minimum Gasteiger partial charge on any atom is -0.215 e. The van der Waals surface area contributed by atoms with Gasteiger partial charge in [0, 0.05) is 17.1 Å². The van der Waals surface area contributed by atoms with Crippen LogP contribution in [0.15, 0.2) is 48.5 Å². The Morgan fingerprint density at radius 1 is 1.05 bits per heavy atom. The standard InChI is InChI=1S/C15H15ClFNO2S/c16-14-7-5-12(6-8-14)9-10-18-21(19,20)11-13-3-1-2-4-15(13)17/h1-8,18H,9-11H2. The minimum atomic E-state index is -3.55. The van der Waals surface area contributed by atoms with Crippen molar-refractivity contribution >= 4 is 21.6 Å². The van der Waals surface area contributed by atoms with Crippen LogP contribution < -0.4 is 4.72 Å². The first-order valence-corrected chi connectivity index (χ1v) is 8.44. The highest BCUT2D eigenvalue weighted by Crippen LogP contribution is 2.11. The van der Waals surface area contributed by atoms with Crippen LogP contribution in [-0.4, -0.2) is 15.0 Å². The van der Waals surface area contributed by atoms with E-state index >= 15 is 0 Å². The summed E-state index contributed by atoms with van der Waals surface area (Å²) < 4.78 is 39.7. The topological polar surface area (TPSA) is 46.2 Å². The smallest absolute Gasteiger partial charge is 0.215 e. The van der Waals surface area contributed by atoms with Crippen LogP contribution in [0.5, 0.6) is 0 Å². The fourth-order valence-electron chi connectivity index (χ4n) is 1.87. The lowest BCUT2D eigenvalue weighted by molar-refractivity contribution is 0.574. The highest BCUT2D eigenvalue weighted by atomic mass is 35.5. The third-order valence-corrected chi connectivity index (χ3v) is 4.54. The van der Waals surface area contributed by atoms with Gasteiger partial charge in [-0.25, -0.2) is 17.5 Å². The summed E-state index contributed by atoms with van der Waals surface area (Å²) >= 11 is 5.78. The van der Waals surface area contributed by atoms with E-state index in [1.54, 1.807) is 18.2 Å². The summed E-state index contributed by atoms with van der Waals surface area (Å²) in [6, 6.07) is 13.0. The zero-order valence-electron chi connectivity index (χ0n) is 11.2. The molecule has 0 saturated carbocycles. The Morgan fingerprint density at radius 3 is 2.38 bits per heavy atom. The molecule has 2 aromatic carbocycles. The van der Waals surface area contributed by atoms with E-state index in [0.29, 0.717) is 11.4 Å². The molecule has 3 nitrogen and oxygen atoms in total. The van der Waals surface area contributed by atoms with Crippen molar-refractivity contribution in [3.05, 3.63) is 70.5 Å². The number of halogens is 2. The summed E-state index contributed by atoms with van der Waals surface area (Å²) in [5, 5.41) is 0.638. The van der Waals surface area contributed by atoms with Gasteiger partial charge in [0.05, 0.1) is 5.75 Å². The summed E-state index contributed by atoms with van der Waals surface area (Å²) in [6.07, 6.45) is 0.549. The molecule has 2 aromatic rings. The first kappa shape index (κ1) is 15.9. The van der Waals surface area contributed by atoms with Crippen molar-refractivity contribution in [1.82, 2.24) is 4.72 Å². The van der Waals surface area contributed by atoms with Gasteiger partial charge in [-0.3, -0.25) is 0 Å². The summed E-state index contributed by atoms with van der Waals surface area (Å²) in [7, 11) is -3.55. The van der Waals surface area contributed by atoms with Gasteiger partial charge in [-0.15, -0.1) is 0 Å². The quantitative estimate of drug-likeness (QED) is 0.886. The number of hydrogen-bond acceptors (Lipinski definition) is 2. The molecule has 6 heteroatoms. The van der Waals surface area contributed by atoms with E-state index in [0.717, 1.165) is 5.56 Å². The van der Waals surface area contributed by atoms with Crippen LogP contribution >= 0.6 is 11.6 Å². The number of hydrogen-bond donors (Lipinski definition) is 1. The third kappa shape index (κ3) is 5.12. The maximum Gasteiger partial charge on any atom is 0.215 e. The van der Waals surface area contributed by atoms with E-state index < -0.39 is 15.8 Å². The molecule has 0 bridgehead atoms. The lowest BCUT2D eigenvalue weighted by atomic mass is 10.2. The van der Waals surface area contributed by atoms with Crippen LogP contribution in [0.3, 0.4) is 0 Å². The second-order valence-electron chi connectivity index (χ2n) is 4.62. The zero-order chi connectivity index (χ0) is 15.3. The molecule has 21 heavy (non-hydrogen) atoms. The Labute approximate surface area is 128 Å². The molecule has 0 atom stereocenters. The molecule has 0 aliphatic heterocycles. The Balaban J connectivity index is 1.90. The predicted octanol–water partition coefficient (Wildman–Crippen LogP) is 3.14. The molecule has 0 saturated heterocycles. The second-order valence-corrected chi connectivity index (χ2v) is 6.86. The summed E-state index contributed by atoms with van der Waals surface area (Å²) in [4.78, 5) is 0. The molecule has 0 radical (unpaired) electrons. The average Bonchev–Trinajstić information content (AvgIpc) is 2.43. The van der Waals surface area contributed by atoms with E-state index in [1.165, 1.54) is 18.2 Å². The number of nitrogens with one attached hydrogen (secondary N) is 1. The van der Waals surface area contributed by atoms with E-state index in [1.807, 2.05) is 12.1 Å².